The molecule has 0 radical (unpaired) electrons. The molecule has 2 fully saturated rings. The Hall–Kier alpha value is -2.71. The molecule has 0 saturated carbocycles. The number of nitrogens with one attached hydrogen (secondary N) is 1. The predicted molar refractivity (Wildman–Crippen MR) is 131 cm³/mol. The molecular formula is C27H34FN3O4. The first-order chi connectivity index (χ1) is 17.0. The van der Waals surface area contributed by atoms with Crippen molar-refractivity contribution in [2.24, 2.45) is 0 Å². The first-order valence-corrected chi connectivity index (χ1v) is 12.7. The van der Waals surface area contributed by atoms with Gasteiger partial charge in [-0.05, 0) is 61.4 Å². The molecule has 8 heteroatoms. The van der Waals surface area contributed by atoms with Crippen LogP contribution in [0.3, 0.4) is 0 Å². The lowest BCUT2D eigenvalue weighted by Gasteiger charge is -2.28. The monoisotopic (exact) mass is 483 g/mol. The van der Waals surface area contributed by atoms with Crippen LogP contribution in [0.4, 0.5) is 10.2 Å². The minimum Gasteiger partial charge on any atom is -0.486 e. The van der Waals surface area contributed by atoms with E-state index >= 15 is 4.39 Å². The van der Waals surface area contributed by atoms with Gasteiger partial charge in [0.15, 0.2) is 0 Å². The van der Waals surface area contributed by atoms with Crippen LogP contribution < -0.4 is 10.1 Å². The first-order valence-electron chi connectivity index (χ1n) is 12.7. The van der Waals surface area contributed by atoms with Crippen molar-refractivity contribution in [3.8, 4) is 5.75 Å². The summed E-state index contributed by atoms with van der Waals surface area (Å²) < 4.78 is 26.8. The van der Waals surface area contributed by atoms with Crippen molar-refractivity contribution in [2.45, 2.75) is 56.2 Å². The van der Waals surface area contributed by atoms with Crippen LogP contribution in [-0.2, 0) is 22.4 Å². The highest BCUT2D eigenvalue weighted by Gasteiger charge is 2.39. The maximum Gasteiger partial charge on any atom is 0.304 e. The average molecular weight is 484 g/mol. The molecule has 0 aliphatic carbocycles. The highest BCUT2D eigenvalue weighted by atomic mass is 19.1. The molecule has 188 valence electrons. The van der Waals surface area contributed by atoms with Crippen molar-refractivity contribution in [1.29, 1.82) is 0 Å². The lowest BCUT2D eigenvalue weighted by atomic mass is 9.94. The quantitative estimate of drug-likeness (QED) is 0.532. The van der Waals surface area contributed by atoms with Gasteiger partial charge in [0.25, 0.3) is 0 Å². The van der Waals surface area contributed by atoms with Crippen LogP contribution >= 0.6 is 0 Å². The zero-order valence-electron chi connectivity index (χ0n) is 20.0. The molecule has 2 saturated heterocycles. The molecule has 0 spiro atoms. The Labute approximate surface area is 205 Å². The van der Waals surface area contributed by atoms with Crippen LogP contribution in [0.5, 0.6) is 5.75 Å². The molecule has 0 bridgehead atoms. The second kappa shape index (κ2) is 10.5. The van der Waals surface area contributed by atoms with Gasteiger partial charge in [0.05, 0.1) is 19.6 Å². The number of anilines is 1. The Kier molecular flexibility index (Phi) is 7.20. The van der Waals surface area contributed by atoms with E-state index in [0.717, 1.165) is 42.2 Å². The van der Waals surface area contributed by atoms with Gasteiger partial charge in [0, 0.05) is 37.8 Å². The van der Waals surface area contributed by atoms with Crippen molar-refractivity contribution in [3.05, 3.63) is 53.2 Å². The molecule has 5 rings (SSSR count). The molecule has 1 unspecified atom stereocenters. The Bertz CT molecular complexity index is 1050. The predicted octanol–water partition coefficient (Wildman–Crippen LogP) is 3.82. The molecule has 4 heterocycles. The van der Waals surface area contributed by atoms with Gasteiger partial charge in [-0.1, -0.05) is 18.2 Å². The number of carbonyl (C=O) groups is 1. The van der Waals surface area contributed by atoms with Crippen LogP contribution in [0, 0.1) is 0 Å². The second-order valence-corrected chi connectivity index (χ2v) is 10.1. The fourth-order valence-corrected chi connectivity index (χ4v) is 5.26. The number of carboxylic acids is 1. The molecule has 7 nitrogen and oxygen atoms in total. The largest absolute Gasteiger partial charge is 0.486 e. The number of rotatable bonds is 10. The van der Waals surface area contributed by atoms with E-state index < -0.39 is 11.6 Å². The van der Waals surface area contributed by atoms with Gasteiger partial charge >= 0.3 is 5.97 Å². The smallest absolute Gasteiger partial charge is 0.304 e. The topological polar surface area (TPSA) is 83.9 Å². The molecule has 1 aromatic carbocycles. The number of nitrogens with zero attached hydrogens (tertiary/aromatic N) is 2. The number of hydrogen-bond acceptors (Lipinski definition) is 6. The molecule has 35 heavy (non-hydrogen) atoms. The third-order valence-electron chi connectivity index (χ3n) is 7.30. The van der Waals surface area contributed by atoms with Gasteiger partial charge in [-0.2, -0.15) is 0 Å². The van der Waals surface area contributed by atoms with E-state index in [9.17, 15) is 9.90 Å². The molecule has 0 amide bonds. The minimum absolute atomic E-state index is 0.00216. The minimum atomic E-state index is -1.28. The molecule has 2 atom stereocenters. The highest BCUT2D eigenvalue weighted by Crippen LogP contribution is 2.34. The summed E-state index contributed by atoms with van der Waals surface area (Å²) in [5.41, 5.74) is 1.79. The maximum atomic E-state index is 15.7. The van der Waals surface area contributed by atoms with Crippen LogP contribution in [0.2, 0.25) is 0 Å². The summed E-state index contributed by atoms with van der Waals surface area (Å²) >= 11 is 0. The van der Waals surface area contributed by atoms with Gasteiger partial charge in [0.1, 0.15) is 23.3 Å². The average Bonchev–Trinajstić information content (AvgIpc) is 3.20. The maximum absolute atomic E-state index is 15.7. The van der Waals surface area contributed by atoms with Crippen molar-refractivity contribution >= 4 is 11.8 Å². The number of aromatic nitrogens is 1. The van der Waals surface area contributed by atoms with Gasteiger partial charge in [-0.25, -0.2) is 9.37 Å². The number of aryl methyl sites for hydroxylation is 2. The Morgan fingerprint density at radius 3 is 3.03 bits per heavy atom. The Morgan fingerprint density at radius 1 is 1.34 bits per heavy atom. The van der Waals surface area contributed by atoms with Gasteiger partial charge < -0.3 is 19.9 Å². The van der Waals surface area contributed by atoms with Gasteiger partial charge in [-0.15, -0.1) is 0 Å². The van der Waals surface area contributed by atoms with Crippen LogP contribution in [0.1, 0.15) is 48.4 Å². The highest BCUT2D eigenvalue weighted by molar-refractivity contribution is 5.68. The summed E-state index contributed by atoms with van der Waals surface area (Å²) in [6.07, 6.45) is 3.69. The molecule has 2 aromatic rings. The zero-order valence-corrected chi connectivity index (χ0v) is 20.0. The first kappa shape index (κ1) is 24.0. The standard InChI is InChI=1S/C27H34FN3O4/c28-27(9-8-22-7-6-19-4-2-11-29-26(19)30-22)10-12-31(18-27)15-21(14-25(32)33)20-3-1-5-23(13-20)35-24-16-34-17-24/h1,3,5-7,13,21,24H,2,4,8-12,14-18H2,(H,29,30)(H,32,33)/t21?,27-/m0/s1. The Morgan fingerprint density at radius 2 is 2.23 bits per heavy atom. The summed E-state index contributed by atoms with van der Waals surface area (Å²) in [7, 11) is 0. The summed E-state index contributed by atoms with van der Waals surface area (Å²) in [6.45, 7) is 3.55. The van der Waals surface area contributed by atoms with E-state index in [0.29, 0.717) is 52.1 Å². The molecular weight excluding hydrogens is 449 g/mol. The number of benzene rings is 1. The van der Waals surface area contributed by atoms with Crippen molar-refractivity contribution in [2.75, 3.05) is 44.7 Å². The lowest BCUT2D eigenvalue weighted by Crippen LogP contribution is -2.38. The van der Waals surface area contributed by atoms with Gasteiger partial charge in [0.2, 0.25) is 0 Å². The van der Waals surface area contributed by atoms with E-state index in [2.05, 4.69) is 16.3 Å². The van der Waals surface area contributed by atoms with E-state index in [1.807, 2.05) is 30.3 Å². The van der Waals surface area contributed by atoms with Crippen LogP contribution in [0.15, 0.2) is 36.4 Å². The molecule has 2 N–H and O–H groups in total. The number of likely N-dealkylation sites (tertiary alicyclic amines) is 1. The second-order valence-electron chi connectivity index (χ2n) is 10.1. The summed E-state index contributed by atoms with van der Waals surface area (Å²) in [5, 5.41) is 12.9. The number of ether oxygens (including phenoxy) is 2. The van der Waals surface area contributed by atoms with E-state index in [1.165, 1.54) is 5.56 Å². The Balaban J connectivity index is 1.19. The summed E-state index contributed by atoms with van der Waals surface area (Å²) in [6, 6.07) is 11.8. The van der Waals surface area contributed by atoms with Crippen molar-refractivity contribution in [1.82, 2.24) is 9.88 Å². The lowest BCUT2D eigenvalue weighted by molar-refractivity contribution is -0.137. The summed E-state index contributed by atoms with van der Waals surface area (Å²) in [5.74, 6) is 0.581. The fourth-order valence-electron chi connectivity index (χ4n) is 5.26. The van der Waals surface area contributed by atoms with Crippen molar-refractivity contribution < 1.29 is 23.8 Å². The number of alkyl halides is 1. The van der Waals surface area contributed by atoms with E-state index in [4.69, 9.17) is 14.5 Å². The number of halogens is 1. The number of fused-ring (bicyclic) bond motifs is 1. The third-order valence-corrected chi connectivity index (χ3v) is 7.30. The van der Waals surface area contributed by atoms with Crippen LogP contribution in [0.25, 0.3) is 0 Å². The van der Waals surface area contributed by atoms with Gasteiger partial charge in [-0.3, -0.25) is 9.69 Å². The van der Waals surface area contributed by atoms with Crippen LogP contribution in [-0.4, -0.2) is 72.1 Å². The fraction of sp³-hybridized carbons (Fsp3) is 0.556. The third kappa shape index (κ3) is 6.11. The van der Waals surface area contributed by atoms with Crippen molar-refractivity contribution in [3.63, 3.8) is 0 Å². The number of carboxylic acid groups (broad SMARTS) is 1. The normalized spacial score (nSPS) is 23.2. The molecule has 3 aliphatic heterocycles. The number of hydrogen-bond donors (Lipinski definition) is 2. The summed E-state index contributed by atoms with van der Waals surface area (Å²) in [4.78, 5) is 18.4. The number of pyridine rings is 1. The van der Waals surface area contributed by atoms with E-state index in [-0.39, 0.29) is 18.4 Å². The number of aliphatic carboxylic acids is 1. The SMILES string of the molecule is O=C(O)CC(CN1CC[C@@](F)(CCc2ccc3c(n2)NCCC3)C1)c1cccc(OC2COC2)c1. The van der Waals surface area contributed by atoms with E-state index in [1.54, 1.807) is 0 Å². The zero-order chi connectivity index (χ0) is 24.3. The molecule has 1 aromatic heterocycles. The molecule has 3 aliphatic rings.